The van der Waals surface area contributed by atoms with Crippen LogP contribution in [-0.4, -0.2) is 34.1 Å². The zero-order valence-corrected chi connectivity index (χ0v) is 13.9. The summed E-state index contributed by atoms with van der Waals surface area (Å²) >= 11 is 3.44. The highest BCUT2D eigenvalue weighted by Gasteiger charge is 1.94. The highest BCUT2D eigenvalue weighted by molar-refractivity contribution is 8.00. The largest absolute Gasteiger partial charge is 0.481 e. The van der Waals surface area contributed by atoms with Crippen molar-refractivity contribution in [2.45, 2.75) is 32.6 Å². The first-order chi connectivity index (χ1) is 9.77. The van der Waals surface area contributed by atoms with E-state index in [4.69, 9.17) is 5.11 Å². The predicted molar refractivity (Wildman–Crippen MR) is 93.8 cm³/mol. The van der Waals surface area contributed by atoms with Crippen molar-refractivity contribution in [3.8, 4) is 0 Å². The number of aliphatic carboxylic acids is 1. The van der Waals surface area contributed by atoms with E-state index in [0.717, 1.165) is 30.8 Å². The van der Waals surface area contributed by atoms with Crippen molar-refractivity contribution < 1.29 is 9.90 Å². The second kappa shape index (κ2) is 16.4. The molecule has 0 aromatic heterocycles. The average molecular weight is 315 g/mol. The molecule has 0 heterocycles. The molecule has 0 aliphatic rings. The first-order valence-corrected chi connectivity index (χ1v) is 9.40. The molecule has 0 saturated heterocycles. The highest BCUT2D eigenvalue weighted by Crippen LogP contribution is 2.03. The van der Waals surface area contributed by atoms with Gasteiger partial charge in [-0.1, -0.05) is 43.4 Å². The van der Waals surface area contributed by atoms with E-state index < -0.39 is 5.97 Å². The van der Waals surface area contributed by atoms with Crippen LogP contribution >= 0.6 is 23.5 Å². The molecule has 0 aromatic rings. The average Bonchev–Trinajstić information content (AvgIpc) is 2.43. The molecule has 4 heteroatoms. The van der Waals surface area contributed by atoms with E-state index in [1.54, 1.807) is 0 Å². The van der Waals surface area contributed by atoms with Crippen LogP contribution in [0, 0.1) is 0 Å². The van der Waals surface area contributed by atoms with E-state index in [0.29, 0.717) is 0 Å². The lowest BCUT2D eigenvalue weighted by atomic mass is 10.3. The maximum atomic E-state index is 10.3. The van der Waals surface area contributed by atoms with Crippen LogP contribution in [-0.2, 0) is 4.79 Å². The third-order valence-corrected chi connectivity index (χ3v) is 4.36. The number of carboxylic acid groups (broad SMARTS) is 1. The van der Waals surface area contributed by atoms with Crippen LogP contribution in [0.3, 0.4) is 0 Å². The molecule has 0 bridgehead atoms. The summed E-state index contributed by atoms with van der Waals surface area (Å²) in [6.45, 7) is 2.21. The van der Waals surface area contributed by atoms with Gasteiger partial charge in [0, 0.05) is 5.75 Å². The van der Waals surface area contributed by atoms with Crippen molar-refractivity contribution >= 4 is 29.5 Å². The fourth-order valence-corrected chi connectivity index (χ4v) is 2.68. The fraction of sp³-hybridized carbons (Fsp3) is 0.562. The third kappa shape index (κ3) is 17.4. The van der Waals surface area contributed by atoms with Gasteiger partial charge >= 0.3 is 5.97 Å². The number of carboxylic acids is 1. The van der Waals surface area contributed by atoms with Gasteiger partial charge < -0.3 is 5.11 Å². The molecule has 0 atom stereocenters. The van der Waals surface area contributed by atoms with E-state index >= 15 is 0 Å². The molecule has 0 saturated carbocycles. The number of rotatable bonds is 13. The van der Waals surface area contributed by atoms with E-state index in [2.05, 4.69) is 43.4 Å². The van der Waals surface area contributed by atoms with E-state index in [1.165, 1.54) is 23.9 Å². The van der Waals surface area contributed by atoms with Gasteiger partial charge in [0.25, 0.3) is 0 Å². The van der Waals surface area contributed by atoms with Crippen LogP contribution in [0.4, 0.5) is 0 Å². The summed E-state index contributed by atoms with van der Waals surface area (Å²) < 4.78 is 0. The number of thioether (sulfide) groups is 2. The Morgan fingerprint density at radius 2 is 1.60 bits per heavy atom. The van der Waals surface area contributed by atoms with Gasteiger partial charge in [0.15, 0.2) is 0 Å². The molecule has 0 radical (unpaired) electrons. The van der Waals surface area contributed by atoms with E-state index in [9.17, 15) is 4.79 Å². The van der Waals surface area contributed by atoms with Gasteiger partial charge in [-0.3, -0.25) is 4.79 Å². The van der Waals surface area contributed by atoms with Crippen molar-refractivity contribution in [3.63, 3.8) is 0 Å². The Bertz CT molecular complexity index is 310. The molecular weight excluding hydrogens is 288 g/mol. The quantitative estimate of drug-likeness (QED) is 0.392. The zero-order chi connectivity index (χ0) is 14.9. The molecule has 2 nitrogen and oxygen atoms in total. The van der Waals surface area contributed by atoms with Gasteiger partial charge in [-0.25, -0.2) is 0 Å². The maximum absolute atomic E-state index is 10.3. The molecule has 114 valence electrons. The van der Waals surface area contributed by atoms with E-state index in [1.807, 2.05) is 11.8 Å². The lowest BCUT2D eigenvalue weighted by molar-refractivity contribution is -0.133. The first kappa shape index (κ1) is 19.4. The van der Waals surface area contributed by atoms with Crippen LogP contribution in [0.5, 0.6) is 0 Å². The van der Waals surface area contributed by atoms with Gasteiger partial charge in [-0.2, -0.15) is 11.8 Å². The Balaban J connectivity index is 3.32. The second-order valence-electron chi connectivity index (χ2n) is 4.20. The van der Waals surface area contributed by atoms with Crippen molar-refractivity contribution in [2.75, 3.05) is 23.0 Å². The molecule has 0 aromatic carbocycles. The Kier molecular flexibility index (Phi) is 15.9. The summed E-state index contributed by atoms with van der Waals surface area (Å²) in [6, 6.07) is 0. The Labute approximate surface area is 131 Å². The Hall–Kier alpha value is -0.610. The second-order valence-corrected chi connectivity index (χ2v) is 6.45. The van der Waals surface area contributed by atoms with Gasteiger partial charge in [0.2, 0.25) is 0 Å². The summed E-state index contributed by atoms with van der Waals surface area (Å²) in [5, 5.41) is 8.46. The van der Waals surface area contributed by atoms with E-state index in [-0.39, 0.29) is 5.75 Å². The summed E-state index contributed by atoms with van der Waals surface area (Å²) in [5.41, 5.74) is 0. The van der Waals surface area contributed by atoms with Gasteiger partial charge in [0.1, 0.15) is 0 Å². The van der Waals surface area contributed by atoms with Crippen LogP contribution in [0.2, 0.25) is 0 Å². The van der Waals surface area contributed by atoms with Crippen LogP contribution < -0.4 is 0 Å². The Morgan fingerprint density at radius 3 is 2.25 bits per heavy atom. The minimum Gasteiger partial charge on any atom is -0.481 e. The molecular formula is C16H26O2S2. The maximum Gasteiger partial charge on any atom is 0.313 e. The van der Waals surface area contributed by atoms with Gasteiger partial charge in [-0.15, -0.1) is 11.8 Å². The smallest absolute Gasteiger partial charge is 0.313 e. The standard InChI is InChI=1S/C16H26O2S2/c1-2-12-19-13-10-8-6-4-3-5-7-9-11-14-20-15-16(17)18/h3-4,7-10H,2,5-6,11-15H2,1H3,(H,17,18). The zero-order valence-electron chi connectivity index (χ0n) is 12.3. The molecule has 0 spiro atoms. The molecule has 0 aliphatic heterocycles. The molecule has 0 rings (SSSR count). The fourth-order valence-electron chi connectivity index (χ4n) is 1.33. The molecule has 0 fully saturated rings. The number of allylic oxidation sites excluding steroid dienone is 5. The van der Waals surface area contributed by atoms with Crippen molar-refractivity contribution in [2.24, 2.45) is 0 Å². The molecule has 0 amide bonds. The van der Waals surface area contributed by atoms with Crippen molar-refractivity contribution in [1.82, 2.24) is 0 Å². The lowest BCUT2D eigenvalue weighted by Gasteiger charge is -1.93. The normalized spacial score (nSPS) is 12.1. The Morgan fingerprint density at radius 1 is 0.950 bits per heavy atom. The van der Waals surface area contributed by atoms with Crippen molar-refractivity contribution in [3.05, 3.63) is 36.5 Å². The van der Waals surface area contributed by atoms with Gasteiger partial charge in [0.05, 0.1) is 5.75 Å². The summed E-state index contributed by atoms with van der Waals surface area (Å²) in [7, 11) is 0. The monoisotopic (exact) mass is 314 g/mol. The minimum atomic E-state index is -0.733. The number of hydrogen-bond donors (Lipinski definition) is 1. The predicted octanol–water partition coefficient (Wildman–Crippen LogP) is 4.79. The van der Waals surface area contributed by atoms with Gasteiger partial charge in [-0.05, 0) is 37.2 Å². The summed E-state index contributed by atoms with van der Waals surface area (Å²) in [6.07, 6.45) is 17.2. The SMILES string of the molecule is CCCSCC=CCC=CCC=CCCSCC(=O)O. The topological polar surface area (TPSA) is 37.3 Å². The highest BCUT2D eigenvalue weighted by atomic mass is 32.2. The first-order valence-electron chi connectivity index (χ1n) is 7.09. The molecule has 0 unspecified atom stereocenters. The minimum absolute atomic E-state index is 0.205. The lowest BCUT2D eigenvalue weighted by Crippen LogP contribution is -1.98. The molecule has 0 aliphatic carbocycles. The third-order valence-electron chi connectivity index (χ3n) is 2.26. The number of hydrogen-bond acceptors (Lipinski definition) is 3. The van der Waals surface area contributed by atoms with Crippen LogP contribution in [0.15, 0.2) is 36.5 Å². The summed E-state index contributed by atoms with van der Waals surface area (Å²) in [4.78, 5) is 10.3. The summed E-state index contributed by atoms with van der Waals surface area (Å²) in [5.74, 6) is 2.72. The van der Waals surface area contributed by atoms with Crippen LogP contribution in [0.1, 0.15) is 32.6 Å². The molecule has 20 heavy (non-hydrogen) atoms. The number of carbonyl (C=O) groups is 1. The van der Waals surface area contributed by atoms with Crippen molar-refractivity contribution in [1.29, 1.82) is 0 Å². The molecule has 1 N–H and O–H groups in total. The van der Waals surface area contributed by atoms with Crippen LogP contribution in [0.25, 0.3) is 0 Å².